The molecule has 0 spiro atoms. The molecule has 2 rings (SSSR count). The number of rotatable bonds is 2. The van der Waals surface area contributed by atoms with E-state index in [1.807, 2.05) is 0 Å². The van der Waals surface area contributed by atoms with E-state index in [2.05, 4.69) is 9.74 Å². The Balaban J connectivity index is 1.80. The zero-order valence-electron chi connectivity index (χ0n) is 8.21. The molecule has 0 N–H and O–H groups in total. The van der Waals surface area contributed by atoms with Crippen molar-refractivity contribution in [1.82, 2.24) is 4.90 Å². The Morgan fingerprint density at radius 2 is 2.00 bits per heavy atom. The van der Waals surface area contributed by atoms with Gasteiger partial charge in [-0.15, -0.1) is 0 Å². The maximum Gasteiger partial charge on any atom is 0.218 e. The van der Waals surface area contributed by atoms with Crippen LogP contribution in [-0.2, 0) is 0 Å². The lowest BCUT2D eigenvalue weighted by atomic mass is 10.1. The topological polar surface area (TPSA) is 7.60 Å². The van der Waals surface area contributed by atoms with Gasteiger partial charge in [-0.1, -0.05) is 12.8 Å². The van der Waals surface area contributed by atoms with Gasteiger partial charge in [-0.25, -0.2) is 6.57 Å². The Labute approximate surface area is 80.7 Å². The standard InChI is InChI=1S/C11H18N2/c1-12-8-10-6-7-13(9-10)11-4-2-3-5-11/h10-11H,2-9H2. The van der Waals surface area contributed by atoms with Crippen LogP contribution in [0.3, 0.4) is 0 Å². The lowest BCUT2D eigenvalue weighted by molar-refractivity contribution is 0.239. The smallest absolute Gasteiger partial charge is 0.218 e. The van der Waals surface area contributed by atoms with Gasteiger partial charge in [0.1, 0.15) is 0 Å². The quantitative estimate of drug-likeness (QED) is 0.588. The van der Waals surface area contributed by atoms with Gasteiger partial charge in [-0.3, -0.25) is 4.90 Å². The molecule has 0 aromatic carbocycles. The van der Waals surface area contributed by atoms with Crippen molar-refractivity contribution in [3.05, 3.63) is 11.4 Å². The van der Waals surface area contributed by atoms with Gasteiger partial charge in [0, 0.05) is 18.5 Å². The third-order valence-corrected chi connectivity index (χ3v) is 3.51. The van der Waals surface area contributed by atoms with Crippen molar-refractivity contribution in [2.24, 2.45) is 5.92 Å². The molecule has 72 valence electrons. The van der Waals surface area contributed by atoms with E-state index in [0.717, 1.165) is 12.6 Å². The predicted octanol–water partition coefficient (Wildman–Crippen LogP) is 2.17. The molecule has 0 radical (unpaired) electrons. The van der Waals surface area contributed by atoms with Gasteiger partial charge >= 0.3 is 0 Å². The van der Waals surface area contributed by atoms with Crippen LogP contribution in [0.25, 0.3) is 4.85 Å². The largest absolute Gasteiger partial charge is 0.317 e. The maximum absolute atomic E-state index is 6.85. The molecule has 2 nitrogen and oxygen atoms in total. The van der Waals surface area contributed by atoms with E-state index in [9.17, 15) is 0 Å². The second kappa shape index (κ2) is 4.11. The molecule has 1 heterocycles. The monoisotopic (exact) mass is 178 g/mol. The van der Waals surface area contributed by atoms with Crippen LogP contribution in [0.2, 0.25) is 0 Å². The highest BCUT2D eigenvalue weighted by Crippen LogP contribution is 2.28. The first kappa shape index (κ1) is 9.02. The van der Waals surface area contributed by atoms with E-state index in [4.69, 9.17) is 6.57 Å². The summed E-state index contributed by atoms with van der Waals surface area (Å²) in [4.78, 5) is 6.13. The van der Waals surface area contributed by atoms with Gasteiger partial charge in [-0.05, 0) is 25.8 Å². The molecule has 0 amide bonds. The molecular formula is C11H18N2. The van der Waals surface area contributed by atoms with Gasteiger partial charge < -0.3 is 4.85 Å². The van der Waals surface area contributed by atoms with E-state index in [1.54, 1.807) is 0 Å². The minimum atomic E-state index is 0.679. The first-order chi connectivity index (χ1) is 6.40. The van der Waals surface area contributed by atoms with Crippen LogP contribution in [-0.4, -0.2) is 30.6 Å². The van der Waals surface area contributed by atoms with E-state index >= 15 is 0 Å². The molecule has 1 unspecified atom stereocenters. The van der Waals surface area contributed by atoms with Crippen LogP contribution >= 0.6 is 0 Å². The summed E-state index contributed by atoms with van der Waals surface area (Å²) in [6, 6.07) is 0.871. The summed E-state index contributed by atoms with van der Waals surface area (Å²) >= 11 is 0. The Hall–Kier alpha value is -0.550. The Bertz CT molecular complexity index is 201. The molecule has 2 fully saturated rings. The van der Waals surface area contributed by atoms with E-state index < -0.39 is 0 Å². The highest BCUT2D eigenvalue weighted by Gasteiger charge is 2.30. The normalized spacial score (nSPS) is 30.8. The van der Waals surface area contributed by atoms with Crippen molar-refractivity contribution >= 4 is 0 Å². The first-order valence-electron chi connectivity index (χ1n) is 5.47. The van der Waals surface area contributed by atoms with Crippen molar-refractivity contribution in [2.75, 3.05) is 19.6 Å². The molecule has 1 atom stereocenters. The molecular weight excluding hydrogens is 160 g/mol. The highest BCUT2D eigenvalue weighted by molar-refractivity contribution is 4.86. The SMILES string of the molecule is [C-]#[N+]CC1CCN(C2CCCC2)C1. The van der Waals surface area contributed by atoms with Crippen molar-refractivity contribution in [1.29, 1.82) is 0 Å². The summed E-state index contributed by atoms with van der Waals surface area (Å²) in [5.41, 5.74) is 0. The number of nitrogens with zero attached hydrogens (tertiary/aromatic N) is 2. The average molecular weight is 178 g/mol. The lowest BCUT2D eigenvalue weighted by Gasteiger charge is -2.22. The van der Waals surface area contributed by atoms with Crippen molar-refractivity contribution < 1.29 is 0 Å². The number of hydrogen-bond donors (Lipinski definition) is 0. The van der Waals surface area contributed by atoms with Gasteiger partial charge in [0.15, 0.2) is 0 Å². The van der Waals surface area contributed by atoms with Crippen LogP contribution < -0.4 is 0 Å². The second-order valence-electron chi connectivity index (χ2n) is 4.43. The zero-order chi connectivity index (χ0) is 9.10. The average Bonchev–Trinajstić information content (AvgIpc) is 2.70. The van der Waals surface area contributed by atoms with Gasteiger partial charge in [0.05, 0.1) is 0 Å². The van der Waals surface area contributed by atoms with Crippen LogP contribution in [0.15, 0.2) is 0 Å². The van der Waals surface area contributed by atoms with Crippen LogP contribution in [0, 0.1) is 12.5 Å². The maximum atomic E-state index is 6.85. The molecule has 0 bridgehead atoms. The fourth-order valence-electron chi connectivity index (χ4n) is 2.74. The van der Waals surface area contributed by atoms with Crippen LogP contribution in [0.1, 0.15) is 32.1 Å². The van der Waals surface area contributed by atoms with Gasteiger partial charge in [0.25, 0.3) is 0 Å². The fraction of sp³-hybridized carbons (Fsp3) is 0.909. The van der Waals surface area contributed by atoms with E-state index in [1.165, 1.54) is 45.2 Å². The van der Waals surface area contributed by atoms with Crippen LogP contribution in [0.4, 0.5) is 0 Å². The molecule has 1 saturated carbocycles. The summed E-state index contributed by atoms with van der Waals surface area (Å²) in [5.74, 6) is 0.679. The molecule has 2 aliphatic rings. The minimum absolute atomic E-state index is 0.679. The van der Waals surface area contributed by atoms with Crippen molar-refractivity contribution in [2.45, 2.75) is 38.1 Å². The predicted molar refractivity (Wildman–Crippen MR) is 53.4 cm³/mol. The van der Waals surface area contributed by atoms with E-state index in [-0.39, 0.29) is 0 Å². The molecule has 13 heavy (non-hydrogen) atoms. The van der Waals surface area contributed by atoms with Gasteiger partial charge in [-0.2, -0.15) is 0 Å². The summed E-state index contributed by atoms with van der Waals surface area (Å²) in [7, 11) is 0. The molecule has 0 aromatic rings. The Morgan fingerprint density at radius 3 is 2.69 bits per heavy atom. The van der Waals surface area contributed by atoms with Gasteiger partial charge in [0.2, 0.25) is 6.54 Å². The van der Waals surface area contributed by atoms with Crippen molar-refractivity contribution in [3.8, 4) is 0 Å². The number of hydrogen-bond acceptors (Lipinski definition) is 1. The van der Waals surface area contributed by atoms with Crippen LogP contribution in [0.5, 0.6) is 0 Å². The number of likely N-dealkylation sites (tertiary alicyclic amines) is 1. The molecule has 2 heteroatoms. The summed E-state index contributed by atoms with van der Waals surface area (Å²) < 4.78 is 0. The molecule has 1 saturated heterocycles. The third-order valence-electron chi connectivity index (χ3n) is 3.51. The second-order valence-corrected chi connectivity index (χ2v) is 4.43. The van der Waals surface area contributed by atoms with Crippen molar-refractivity contribution in [3.63, 3.8) is 0 Å². The molecule has 1 aliphatic heterocycles. The zero-order valence-corrected chi connectivity index (χ0v) is 8.21. The summed E-state index contributed by atoms with van der Waals surface area (Å²) in [6.07, 6.45) is 6.93. The summed E-state index contributed by atoms with van der Waals surface area (Å²) in [6.45, 7) is 10.1. The molecule has 0 aromatic heterocycles. The summed E-state index contributed by atoms with van der Waals surface area (Å²) in [5, 5.41) is 0. The van der Waals surface area contributed by atoms with E-state index in [0.29, 0.717) is 5.92 Å². The fourth-order valence-corrected chi connectivity index (χ4v) is 2.74. The minimum Gasteiger partial charge on any atom is -0.317 e. The molecule has 1 aliphatic carbocycles. The highest BCUT2D eigenvalue weighted by atomic mass is 15.2. The Morgan fingerprint density at radius 1 is 1.23 bits per heavy atom. The first-order valence-corrected chi connectivity index (χ1v) is 5.47. The Kier molecular flexibility index (Phi) is 2.85. The lowest BCUT2D eigenvalue weighted by Crippen LogP contribution is -2.31. The third kappa shape index (κ3) is 2.03.